The van der Waals surface area contributed by atoms with Gasteiger partial charge in [-0.05, 0) is 42.5 Å². The fraction of sp³-hybridized carbons (Fsp3) is 0. The number of fused-ring (bicyclic) bond motifs is 6. The SMILES string of the molecule is Clc1ccc2oc3cccc(-c4nc(-c5ccccc5)nc(-c5ccc6c(c5)oc5ccccc56)n4)c3c2c1. The predicted molar refractivity (Wildman–Crippen MR) is 156 cm³/mol. The van der Waals surface area contributed by atoms with Crippen molar-refractivity contribution in [1.29, 1.82) is 0 Å². The summed E-state index contributed by atoms with van der Waals surface area (Å²) < 4.78 is 12.3. The summed E-state index contributed by atoms with van der Waals surface area (Å²) in [7, 11) is 0. The predicted octanol–water partition coefficient (Wildman–Crippen LogP) is 9.32. The standard InChI is InChI=1S/C33H18ClN3O2/c34-21-14-16-27-25(18-21)30-24(10-6-12-28(30)38-27)33-36-31(19-7-2-1-3-8-19)35-32(37-33)20-13-15-23-22-9-4-5-11-26(22)39-29(23)17-20/h1-18H. The number of para-hydroxylation sites is 1. The van der Waals surface area contributed by atoms with E-state index in [1.54, 1.807) is 0 Å². The zero-order valence-electron chi connectivity index (χ0n) is 20.4. The number of hydrogen-bond acceptors (Lipinski definition) is 5. The van der Waals surface area contributed by atoms with E-state index >= 15 is 0 Å². The lowest BCUT2D eigenvalue weighted by atomic mass is 10.1. The monoisotopic (exact) mass is 523 g/mol. The van der Waals surface area contributed by atoms with E-state index in [0.717, 1.165) is 60.6 Å². The molecule has 8 aromatic rings. The molecule has 0 atom stereocenters. The number of aromatic nitrogens is 3. The van der Waals surface area contributed by atoms with Crippen molar-refractivity contribution in [3.8, 4) is 34.2 Å². The average Bonchev–Trinajstić information content (AvgIpc) is 3.55. The van der Waals surface area contributed by atoms with Crippen LogP contribution in [-0.4, -0.2) is 15.0 Å². The summed E-state index contributed by atoms with van der Waals surface area (Å²) in [5, 5.41) is 4.61. The molecule has 0 fully saturated rings. The van der Waals surface area contributed by atoms with Crippen LogP contribution in [0.2, 0.25) is 5.02 Å². The van der Waals surface area contributed by atoms with Gasteiger partial charge in [-0.1, -0.05) is 78.3 Å². The van der Waals surface area contributed by atoms with E-state index in [4.69, 9.17) is 35.4 Å². The molecule has 39 heavy (non-hydrogen) atoms. The smallest absolute Gasteiger partial charge is 0.164 e. The van der Waals surface area contributed by atoms with E-state index in [1.807, 2.05) is 97.1 Å². The van der Waals surface area contributed by atoms with Gasteiger partial charge in [0, 0.05) is 43.3 Å². The number of rotatable bonds is 3. The van der Waals surface area contributed by atoms with Crippen molar-refractivity contribution >= 4 is 55.5 Å². The Morgan fingerprint density at radius 3 is 2.05 bits per heavy atom. The van der Waals surface area contributed by atoms with E-state index in [9.17, 15) is 0 Å². The molecular weight excluding hydrogens is 506 g/mol. The zero-order chi connectivity index (χ0) is 25.9. The molecule has 0 aliphatic heterocycles. The third-order valence-electron chi connectivity index (χ3n) is 7.00. The van der Waals surface area contributed by atoms with Crippen molar-refractivity contribution in [3.05, 3.63) is 114 Å². The summed E-state index contributed by atoms with van der Waals surface area (Å²) in [6.07, 6.45) is 0. The highest BCUT2D eigenvalue weighted by atomic mass is 35.5. The molecule has 0 aliphatic carbocycles. The van der Waals surface area contributed by atoms with Crippen molar-refractivity contribution in [2.24, 2.45) is 0 Å². The topological polar surface area (TPSA) is 65.0 Å². The first-order valence-electron chi connectivity index (χ1n) is 12.6. The lowest BCUT2D eigenvalue weighted by Crippen LogP contribution is -2.00. The highest BCUT2D eigenvalue weighted by molar-refractivity contribution is 6.32. The van der Waals surface area contributed by atoms with E-state index in [1.165, 1.54) is 0 Å². The fourth-order valence-corrected chi connectivity index (χ4v) is 5.36. The molecule has 3 aromatic heterocycles. The van der Waals surface area contributed by atoms with Crippen LogP contribution in [0.3, 0.4) is 0 Å². The maximum atomic E-state index is 6.37. The minimum absolute atomic E-state index is 0.553. The largest absolute Gasteiger partial charge is 0.456 e. The summed E-state index contributed by atoms with van der Waals surface area (Å²) in [6, 6.07) is 35.6. The summed E-state index contributed by atoms with van der Waals surface area (Å²) in [5.74, 6) is 1.70. The van der Waals surface area contributed by atoms with Crippen molar-refractivity contribution < 1.29 is 8.83 Å². The number of benzene rings is 5. The minimum Gasteiger partial charge on any atom is -0.456 e. The second-order valence-corrected chi connectivity index (χ2v) is 9.84. The van der Waals surface area contributed by atoms with Crippen LogP contribution < -0.4 is 0 Å². The first-order chi connectivity index (χ1) is 19.2. The molecule has 0 saturated carbocycles. The maximum absolute atomic E-state index is 6.37. The second kappa shape index (κ2) is 8.51. The van der Waals surface area contributed by atoms with Crippen molar-refractivity contribution in [1.82, 2.24) is 15.0 Å². The lowest BCUT2D eigenvalue weighted by Gasteiger charge is -2.09. The number of furan rings is 2. The Kier molecular flexibility index (Phi) is 4.81. The van der Waals surface area contributed by atoms with Gasteiger partial charge in [0.15, 0.2) is 17.5 Å². The van der Waals surface area contributed by atoms with Crippen molar-refractivity contribution in [2.45, 2.75) is 0 Å². The van der Waals surface area contributed by atoms with Crippen LogP contribution >= 0.6 is 11.6 Å². The minimum atomic E-state index is 0.553. The lowest BCUT2D eigenvalue weighted by molar-refractivity contribution is 0.668. The van der Waals surface area contributed by atoms with Gasteiger partial charge in [0.25, 0.3) is 0 Å². The van der Waals surface area contributed by atoms with E-state index in [2.05, 4.69) is 12.1 Å². The van der Waals surface area contributed by atoms with Gasteiger partial charge in [-0.15, -0.1) is 0 Å². The Morgan fingerprint density at radius 1 is 0.462 bits per heavy atom. The molecule has 184 valence electrons. The van der Waals surface area contributed by atoms with Gasteiger partial charge >= 0.3 is 0 Å². The highest BCUT2D eigenvalue weighted by Crippen LogP contribution is 2.38. The van der Waals surface area contributed by atoms with Gasteiger partial charge in [0.1, 0.15) is 22.3 Å². The van der Waals surface area contributed by atoms with E-state index in [0.29, 0.717) is 22.5 Å². The first-order valence-corrected chi connectivity index (χ1v) is 12.9. The van der Waals surface area contributed by atoms with Gasteiger partial charge in [-0.25, -0.2) is 15.0 Å². The quantitative estimate of drug-likeness (QED) is 0.231. The third kappa shape index (κ3) is 3.59. The zero-order valence-corrected chi connectivity index (χ0v) is 21.2. The molecule has 6 heteroatoms. The Bertz CT molecular complexity index is 2200. The molecule has 0 bridgehead atoms. The van der Waals surface area contributed by atoms with Gasteiger partial charge in [-0.2, -0.15) is 0 Å². The molecule has 0 aliphatic rings. The molecule has 0 saturated heterocycles. The summed E-state index contributed by atoms with van der Waals surface area (Å²) in [4.78, 5) is 14.8. The third-order valence-corrected chi connectivity index (χ3v) is 7.24. The molecule has 5 aromatic carbocycles. The molecule has 3 heterocycles. The summed E-state index contributed by atoms with van der Waals surface area (Å²) in [5.41, 5.74) is 5.73. The Morgan fingerprint density at radius 2 is 1.15 bits per heavy atom. The molecule has 0 unspecified atom stereocenters. The normalized spacial score (nSPS) is 11.7. The molecule has 0 N–H and O–H groups in total. The van der Waals surface area contributed by atoms with Crippen LogP contribution in [0, 0.1) is 0 Å². The Hall–Kier alpha value is -5.00. The van der Waals surface area contributed by atoms with Crippen LogP contribution in [0.15, 0.2) is 118 Å². The molecule has 5 nitrogen and oxygen atoms in total. The van der Waals surface area contributed by atoms with Crippen LogP contribution in [0.25, 0.3) is 78.0 Å². The van der Waals surface area contributed by atoms with E-state index < -0.39 is 0 Å². The fourth-order valence-electron chi connectivity index (χ4n) is 5.19. The number of nitrogens with zero attached hydrogens (tertiary/aromatic N) is 3. The second-order valence-electron chi connectivity index (χ2n) is 9.40. The highest BCUT2D eigenvalue weighted by Gasteiger charge is 2.18. The summed E-state index contributed by atoms with van der Waals surface area (Å²) >= 11 is 6.37. The number of halogens is 1. The Balaban J connectivity index is 1.39. The van der Waals surface area contributed by atoms with Gasteiger partial charge < -0.3 is 8.83 Å². The van der Waals surface area contributed by atoms with E-state index in [-0.39, 0.29) is 0 Å². The first kappa shape index (κ1) is 22.0. The van der Waals surface area contributed by atoms with Gasteiger partial charge in [0.2, 0.25) is 0 Å². The van der Waals surface area contributed by atoms with Gasteiger partial charge in [0.05, 0.1) is 0 Å². The van der Waals surface area contributed by atoms with Crippen LogP contribution in [0.1, 0.15) is 0 Å². The maximum Gasteiger partial charge on any atom is 0.164 e. The van der Waals surface area contributed by atoms with Gasteiger partial charge in [-0.3, -0.25) is 0 Å². The van der Waals surface area contributed by atoms with Crippen molar-refractivity contribution in [3.63, 3.8) is 0 Å². The molecule has 0 radical (unpaired) electrons. The molecular formula is C33H18ClN3O2. The average molecular weight is 524 g/mol. The van der Waals surface area contributed by atoms with Crippen LogP contribution in [-0.2, 0) is 0 Å². The molecule has 0 spiro atoms. The Labute approximate surface area is 227 Å². The molecule has 0 amide bonds. The van der Waals surface area contributed by atoms with Crippen LogP contribution in [0.4, 0.5) is 0 Å². The number of hydrogen-bond donors (Lipinski definition) is 0. The van der Waals surface area contributed by atoms with Crippen molar-refractivity contribution in [2.75, 3.05) is 0 Å². The van der Waals surface area contributed by atoms with Crippen LogP contribution in [0.5, 0.6) is 0 Å². The molecule has 8 rings (SSSR count). The summed E-state index contributed by atoms with van der Waals surface area (Å²) in [6.45, 7) is 0.